The van der Waals surface area contributed by atoms with Crippen LogP contribution >= 0.6 is 0 Å². The van der Waals surface area contributed by atoms with E-state index in [9.17, 15) is 9.70 Å². The molecule has 0 saturated carbocycles. The van der Waals surface area contributed by atoms with E-state index in [4.69, 9.17) is 15.4 Å². The SMILES string of the molecule is CCCCC1=NN(CCCN(C)C(=O)Cc2ccccc2)[N+](=O)C1Cc1ccc(-c2ccccc2-c2nnnn2C(c2ccccc2)(c2ccccc2)c2ccccc2)cc1. The molecule has 1 aliphatic rings. The van der Waals surface area contributed by atoms with Gasteiger partial charge in [0.15, 0.2) is 5.82 Å². The van der Waals surface area contributed by atoms with Gasteiger partial charge < -0.3 is 4.90 Å². The van der Waals surface area contributed by atoms with Gasteiger partial charge in [0.05, 0.1) is 11.3 Å². The van der Waals surface area contributed by atoms with Crippen molar-refractivity contribution in [3.05, 3.63) is 203 Å². The standard InChI is InChI=1S/C51H51N8O2/c1-3-4-30-47-48(59(61)57(53-47)36-19-35-56(2)49(60)38-39-20-9-5-10-21-39)37-40-31-33-41(34-32-40)45-28-17-18-29-46(45)50-52-54-55-58(50)51(42-22-11-6-12-23-42,43-24-13-7-14-25-43)44-26-15-8-16-27-44/h5-18,20-29,31-34,48H,3-4,19,30,35-38H2,1-2H3/q+1. The number of carbonyl (C=O) groups excluding carboxylic acids is 1. The van der Waals surface area contributed by atoms with Crippen molar-refractivity contribution in [2.45, 2.75) is 57.0 Å². The summed E-state index contributed by atoms with van der Waals surface area (Å²) in [4.78, 5) is 29.5. The molecule has 0 fully saturated rings. The molecule has 10 nitrogen and oxygen atoms in total. The van der Waals surface area contributed by atoms with Crippen molar-refractivity contribution >= 4 is 11.6 Å². The molecule has 8 rings (SSSR count). The van der Waals surface area contributed by atoms with Gasteiger partial charge in [-0.15, -0.1) is 5.10 Å². The molecule has 1 amide bonds. The number of rotatable bonds is 17. The molecule has 0 radical (unpaired) electrons. The third-order valence-corrected chi connectivity index (χ3v) is 11.6. The fraction of sp³-hybridized carbons (Fsp3) is 0.235. The van der Waals surface area contributed by atoms with Crippen molar-refractivity contribution in [2.24, 2.45) is 5.10 Å². The van der Waals surface area contributed by atoms with Crippen molar-refractivity contribution < 1.29 is 9.66 Å². The maximum absolute atomic E-state index is 13.8. The molecule has 0 spiro atoms. The first kappa shape index (κ1) is 40.7. The topological polar surface area (TPSA) is 99.6 Å². The summed E-state index contributed by atoms with van der Waals surface area (Å²) < 4.78 is 1.96. The van der Waals surface area contributed by atoms with Crippen LogP contribution in [0.4, 0.5) is 0 Å². The Hall–Kier alpha value is -7.07. The molecule has 2 heterocycles. The van der Waals surface area contributed by atoms with E-state index in [0.717, 1.165) is 74.4 Å². The zero-order valence-electron chi connectivity index (χ0n) is 34.8. The van der Waals surface area contributed by atoms with E-state index < -0.39 is 11.6 Å². The second-order valence-corrected chi connectivity index (χ2v) is 15.6. The Balaban J connectivity index is 1.04. The molecule has 0 aliphatic carbocycles. The Kier molecular flexibility index (Phi) is 12.6. The summed E-state index contributed by atoms with van der Waals surface area (Å²) >= 11 is 0. The average Bonchev–Trinajstić information content (AvgIpc) is 3.92. The summed E-state index contributed by atoms with van der Waals surface area (Å²) in [6, 6.07) is 57.3. The van der Waals surface area contributed by atoms with Crippen LogP contribution in [0.5, 0.6) is 0 Å². The number of hydrazine groups is 1. The highest BCUT2D eigenvalue weighted by atomic mass is 16.3. The third-order valence-electron chi connectivity index (χ3n) is 11.6. The molecular formula is C51H51N8O2+. The van der Waals surface area contributed by atoms with E-state index in [1.807, 2.05) is 72.4 Å². The highest BCUT2D eigenvalue weighted by Gasteiger charge is 2.44. The summed E-state index contributed by atoms with van der Waals surface area (Å²) in [6.45, 7) is 3.13. The minimum Gasteiger partial charge on any atom is -0.345 e. The number of hydrazone groups is 1. The zero-order chi connectivity index (χ0) is 42.0. The average molecular weight is 808 g/mol. The van der Waals surface area contributed by atoms with Crippen LogP contribution in [0.2, 0.25) is 0 Å². The van der Waals surface area contributed by atoms with Crippen LogP contribution in [0.1, 0.15) is 60.4 Å². The van der Waals surface area contributed by atoms with E-state index in [1.165, 1.54) is 0 Å². The van der Waals surface area contributed by atoms with E-state index in [0.29, 0.717) is 38.2 Å². The van der Waals surface area contributed by atoms with Gasteiger partial charge in [-0.1, -0.05) is 183 Å². The lowest BCUT2D eigenvalue weighted by Gasteiger charge is -2.36. The van der Waals surface area contributed by atoms with Gasteiger partial charge in [-0.05, 0) is 72.2 Å². The lowest BCUT2D eigenvalue weighted by atomic mass is 9.77. The molecule has 7 aromatic rings. The number of amides is 1. The van der Waals surface area contributed by atoms with Crippen molar-refractivity contribution in [1.82, 2.24) is 30.2 Å². The molecule has 0 N–H and O–H groups in total. The van der Waals surface area contributed by atoms with Crippen LogP contribution in [0, 0.1) is 4.91 Å². The van der Waals surface area contributed by atoms with Crippen LogP contribution in [0.15, 0.2) is 175 Å². The fourth-order valence-electron chi connectivity index (χ4n) is 8.41. The molecule has 1 aromatic heterocycles. The minimum atomic E-state index is -0.883. The first-order chi connectivity index (χ1) is 30.0. The molecule has 6 aromatic carbocycles. The molecular weight excluding hydrogens is 757 g/mol. The number of nitrogens with zero attached hydrogens (tertiary/aromatic N) is 8. The second-order valence-electron chi connectivity index (χ2n) is 15.6. The monoisotopic (exact) mass is 807 g/mol. The minimum absolute atomic E-state index is 0.0564. The second kappa shape index (κ2) is 18.9. The Morgan fingerprint density at radius 1 is 0.689 bits per heavy atom. The van der Waals surface area contributed by atoms with Gasteiger partial charge in [0.1, 0.15) is 12.1 Å². The quantitative estimate of drug-likeness (QED) is 0.0672. The number of benzene rings is 6. The Morgan fingerprint density at radius 3 is 1.84 bits per heavy atom. The number of tetrazole rings is 1. The van der Waals surface area contributed by atoms with Crippen molar-refractivity contribution in [3.63, 3.8) is 0 Å². The zero-order valence-corrected chi connectivity index (χ0v) is 34.8. The Morgan fingerprint density at radius 2 is 1.25 bits per heavy atom. The normalized spacial score (nSPS) is 13.9. The van der Waals surface area contributed by atoms with Crippen molar-refractivity contribution in [3.8, 4) is 22.5 Å². The van der Waals surface area contributed by atoms with Crippen LogP contribution in [-0.2, 0) is 23.2 Å². The number of unbranched alkanes of at least 4 members (excludes halogenated alkanes) is 1. The van der Waals surface area contributed by atoms with Crippen LogP contribution < -0.4 is 0 Å². The molecule has 1 aliphatic heterocycles. The van der Waals surface area contributed by atoms with Crippen LogP contribution in [0.25, 0.3) is 22.5 Å². The lowest BCUT2D eigenvalue weighted by Crippen LogP contribution is -2.39. The maximum Gasteiger partial charge on any atom is 0.233 e. The summed E-state index contributed by atoms with van der Waals surface area (Å²) in [5.41, 5.74) is 8.05. The number of aromatic nitrogens is 4. The van der Waals surface area contributed by atoms with E-state index in [1.54, 1.807) is 10.0 Å². The largest absolute Gasteiger partial charge is 0.345 e. The maximum atomic E-state index is 13.8. The number of hydrogen-bond donors (Lipinski definition) is 0. The van der Waals surface area contributed by atoms with Gasteiger partial charge in [-0.2, -0.15) is 0 Å². The molecule has 0 bridgehead atoms. The Labute approximate surface area is 357 Å². The first-order valence-electron chi connectivity index (χ1n) is 21.2. The highest BCUT2D eigenvalue weighted by molar-refractivity contribution is 5.89. The first-order valence-corrected chi connectivity index (χ1v) is 21.2. The predicted molar refractivity (Wildman–Crippen MR) is 240 cm³/mol. The van der Waals surface area contributed by atoms with Gasteiger partial charge in [0, 0.05) is 37.1 Å². The Bertz CT molecular complexity index is 2460. The number of nitroso groups, excluding NO2 is 1. The number of likely N-dealkylation sites (N-methyl/N-ethyl adjacent to an activating group) is 1. The predicted octanol–water partition coefficient (Wildman–Crippen LogP) is 9.41. The fourth-order valence-corrected chi connectivity index (χ4v) is 8.41. The summed E-state index contributed by atoms with van der Waals surface area (Å²) in [5.74, 6) is 0.689. The van der Waals surface area contributed by atoms with Crippen LogP contribution in [0.3, 0.4) is 0 Å². The van der Waals surface area contributed by atoms with Gasteiger partial charge in [-0.25, -0.2) is 4.68 Å². The van der Waals surface area contributed by atoms with Gasteiger partial charge >= 0.3 is 0 Å². The van der Waals surface area contributed by atoms with Gasteiger partial charge in [0.25, 0.3) is 0 Å². The molecule has 1 atom stereocenters. The third kappa shape index (κ3) is 8.66. The highest BCUT2D eigenvalue weighted by Crippen LogP contribution is 2.43. The summed E-state index contributed by atoms with van der Waals surface area (Å²) in [6.07, 6.45) is 4.27. The van der Waals surface area contributed by atoms with Crippen molar-refractivity contribution in [2.75, 3.05) is 20.1 Å². The molecule has 1 unspecified atom stereocenters. The van der Waals surface area contributed by atoms with Gasteiger partial charge in [-0.3, -0.25) is 4.79 Å². The summed E-state index contributed by atoms with van der Waals surface area (Å²) in [5, 5.41) is 20.2. The molecule has 0 saturated heterocycles. The van der Waals surface area contributed by atoms with Gasteiger partial charge in [0.2, 0.25) is 17.7 Å². The smallest absolute Gasteiger partial charge is 0.233 e. The number of carbonyl (C=O) groups is 1. The molecule has 10 heteroatoms. The summed E-state index contributed by atoms with van der Waals surface area (Å²) in [7, 11) is 1.82. The molecule has 306 valence electrons. The van der Waals surface area contributed by atoms with E-state index in [-0.39, 0.29) is 5.91 Å². The number of hydrogen-bond acceptors (Lipinski definition) is 6. The van der Waals surface area contributed by atoms with Crippen LogP contribution in [-0.4, -0.2) is 72.9 Å². The molecule has 61 heavy (non-hydrogen) atoms. The van der Waals surface area contributed by atoms with E-state index >= 15 is 0 Å². The lowest BCUT2D eigenvalue weighted by molar-refractivity contribution is -0.714. The van der Waals surface area contributed by atoms with E-state index in [2.05, 4.69) is 121 Å². The van der Waals surface area contributed by atoms with Crippen molar-refractivity contribution in [1.29, 1.82) is 0 Å².